The van der Waals surface area contributed by atoms with E-state index in [9.17, 15) is 4.79 Å². The highest BCUT2D eigenvalue weighted by Gasteiger charge is 2.26. The quantitative estimate of drug-likeness (QED) is 0.940. The van der Waals surface area contributed by atoms with Gasteiger partial charge >= 0.3 is 0 Å². The van der Waals surface area contributed by atoms with E-state index in [1.54, 1.807) is 12.3 Å². The van der Waals surface area contributed by atoms with Crippen LogP contribution in [0.1, 0.15) is 48.1 Å². The second-order valence-electron chi connectivity index (χ2n) is 5.97. The van der Waals surface area contributed by atoms with Gasteiger partial charge in [-0.15, -0.1) is 0 Å². The molecule has 0 spiro atoms. The van der Waals surface area contributed by atoms with Gasteiger partial charge in [0.2, 0.25) is 0 Å². The number of aryl methyl sites for hydroxylation is 1. The van der Waals surface area contributed by atoms with Crippen molar-refractivity contribution in [3.05, 3.63) is 41.4 Å². The van der Waals surface area contributed by atoms with E-state index in [4.69, 9.17) is 4.42 Å². The fourth-order valence-corrected chi connectivity index (χ4v) is 2.58. The number of carbonyl (C=O) groups is 1. The number of carbonyl (C=O) groups excluding carboxylic acids is 1. The zero-order valence-electron chi connectivity index (χ0n) is 12.6. The SMILES string of the molecule is CC(C)CCc1nc2c(o1)CCN(C(=O)c1ccc[nH]1)C2. The molecule has 112 valence electrons. The van der Waals surface area contributed by atoms with Crippen LogP contribution in [0.15, 0.2) is 22.7 Å². The van der Waals surface area contributed by atoms with Crippen molar-refractivity contribution in [1.82, 2.24) is 14.9 Å². The number of hydrogen-bond acceptors (Lipinski definition) is 3. The minimum Gasteiger partial charge on any atom is -0.445 e. The Morgan fingerprint density at radius 3 is 3.10 bits per heavy atom. The van der Waals surface area contributed by atoms with Crippen LogP contribution >= 0.6 is 0 Å². The molecule has 0 aromatic carbocycles. The summed E-state index contributed by atoms with van der Waals surface area (Å²) in [4.78, 5) is 21.7. The van der Waals surface area contributed by atoms with E-state index in [0.29, 0.717) is 24.7 Å². The predicted molar refractivity (Wildman–Crippen MR) is 78.9 cm³/mol. The number of aromatic nitrogens is 2. The maximum atomic E-state index is 12.3. The van der Waals surface area contributed by atoms with Gasteiger partial charge in [0.15, 0.2) is 5.89 Å². The normalized spacial score (nSPS) is 14.5. The Morgan fingerprint density at radius 2 is 2.38 bits per heavy atom. The summed E-state index contributed by atoms with van der Waals surface area (Å²) >= 11 is 0. The fourth-order valence-electron chi connectivity index (χ4n) is 2.58. The summed E-state index contributed by atoms with van der Waals surface area (Å²) in [6, 6.07) is 3.64. The van der Waals surface area contributed by atoms with Gasteiger partial charge in [-0.05, 0) is 24.5 Å². The second-order valence-corrected chi connectivity index (χ2v) is 5.97. The molecule has 5 heteroatoms. The molecule has 5 nitrogen and oxygen atoms in total. The van der Waals surface area contributed by atoms with Crippen molar-refractivity contribution in [2.45, 2.75) is 39.7 Å². The van der Waals surface area contributed by atoms with Crippen LogP contribution in [-0.2, 0) is 19.4 Å². The van der Waals surface area contributed by atoms with Crippen LogP contribution in [0.3, 0.4) is 0 Å². The van der Waals surface area contributed by atoms with Gasteiger partial charge in [-0.1, -0.05) is 13.8 Å². The van der Waals surface area contributed by atoms with Crippen LogP contribution in [0.5, 0.6) is 0 Å². The summed E-state index contributed by atoms with van der Waals surface area (Å²) in [7, 11) is 0. The standard InChI is InChI=1S/C16H21N3O2/c1-11(2)5-6-15-18-13-10-19(9-7-14(13)21-15)16(20)12-4-3-8-17-12/h3-4,8,11,17H,5-7,9-10H2,1-2H3. The van der Waals surface area contributed by atoms with E-state index in [0.717, 1.165) is 36.6 Å². The lowest BCUT2D eigenvalue weighted by Gasteiger charge is -2.24. The van der Waals surface area contributed by atoms with Crippen LogP contribution in [0.2, 0.25) is 0 Å². The zero-order chi connectivity index (χ0) is 14.8. The average Bonchev–Trinajstić information content (AvgIpc) is 3.12. The molecule has 1 aliphatic heterocycles. The van der Waals surface area contributed by atoms with Crippen molar-refractivity contribution in [3.63, 3.8) is 0 Å². The Hall–Kier alpha value is -2.04. The Bertz CT molecular complexity index is 614. The lowest BCUT2D eigenvalue weighted by atomic mass is 10.1. The molecule has 21 heavy (non-hydrogen) atoms. The van der Waals surface area contributed by atoms with Crippen molar-refractivity contribution in [2.75, 3.05) is 6.54 Å². The summed E-state index contributed by atoms with van der Waals surface area (Å²) in [5.74, 6) is 2.42. The molecular weight excluding hydrogens is 266 g/mol. The van der Waals surface area contributed by atoms with Crippen LogP contribution < -0.4 is 0 Å². The maximum absolute atomic E-state index is 12.3. The molecule has 0 bridgehead atoms. The van der Waals surface area contributed by atoms with E-state index < -0.39 is 0 Å². The van der Waals surface area contributed by atoms with Crippen molar-refractivity contribution in [3.8, 4) is 0 Å². The van der Waals surface area contributed by atoms with Crippen molar-refractivity contribution >= 4 is 5.91 Å². The summed E-state index contributed by atoms with van der Waals surface area (Å²) in [6.07, 6.45) is 4.46. The molecule has 1 amide bonds. The number of oxazole rings is 1. The van der Waals surface area contributed by atoms with Gasteiger partial charge in [0, 0.05) is 25.6 Å². The van der Waals surface area contributed by atoms with Crippen LogP contribution in [-0.4, -0.2) is 27.3 Å². The Kier molecular flexibility index (Phi) is 3.82. The molecule has 0 atom stereocenters. The molecular formula is C16H21N3O2. The Morgan fingerprint density at radius 1 is 1.52 bits per heavy atom. The Balaban J connectivity index is 1.69. The summed E-state index contributed by atoms with van der Waals surface area (Å²) in [5.41, 5.74) is 1.54. The van der Waals surface area contributed by atoms with E-state index in [2.05, 4.69) is 23.8 Å². The van der Waals surface area contributed by atoms with Crippen molar-refractivity contribution in [1.29, 1.82) is 0 Å². The first kappa shape index (κ1) is 13.9. The van der Waals surface area contributed by atoms with Crippen LogP contribution in [0.25, 0.3) is 0 Å². The van der Waals surface area contributed by atoms with E-state index in [-0.39, 0.29) is 5.91 Å². The first-order valence-electron chi connectivity index (χ1n) is 7.53. The van der Waals surface area contributed by atoms with Gasteiger partial charge in [0.25, 0.3) is 5.91 Å². The second kappa shape index (κ2) is 5.76. The third-order valence-electron chi connectivity index (χ3n) is 3.82. The monoisotopic (exact) mass is 287 g/mol. The van der Waals surface area contributed by atoms with Crippen molar-refractivity contribution in [2.24, 2.45) is 5.92 Å². The predicted octanol–water partition coefficient (Wildman–Crippen LogP) is 2.79. The molecule has 3 heterocycles. The highest BCUT2D eigenvalue weighted by molar-refractivity contribution is 5.92. The van der Waals surface area contributed by atoms with Gasteiger partial charge in [0.1, 0.15) is 17.1 Å². The molecule has 1 aliphatic rings. The highest BCUT2D eigenvalue weighted by atomic mass is 16.4. The molecule has 0 unspecified atom stereocenters. The summed E-state index contributed by atoms with van der Waals surface area (Å²) < 4.78 is 5.82. The maximum Gasteiger partial charge on any atom is 0.270 e. The molecule has 2 aromatic heterocycles. The smallest absolute Gasteiger partial charge is 0.270 e. The molecule has 3 rings (SSSR count). The lowest BCUT2D eigenvalue weighted by molar-refractivity contribution is 0.0722. The van der Waals surface area contributed by atoms with Gasteiger partial charge in [0.05, 0.1) is 6.54 Å². The first-order valence-corrected chi connectivity index (χ1v) is 7.53. The number of amides is 1. The molecule has 1 N–H and O–H groups in total. The minimum absolute atomic E-state index is 0.0254. The number of hydrogen-bond donors (Lipinski definition) is 1. The van der Waals surface area contributed by atoms with Crippen molar-refractivity contribution < 1.29 is 9.21 Å². The molecule has 0 saturated carbocycles. The van der Waals surface area contributed by atoms with Gasteiger partial charge in [-0.3, -0.25) is 4.79 Å². The highest BCUT2D eigenvalue weighted by Crippen LogP contribution is 2.22. The van der Waals surface area contributed by atoms with E-state index >= 15 is 0 Å². The number of nitrogens with zero attached hydrogens (tertiary/aromatic N) is 2. The van der Waals surface area contributed by atoms with Gasteiger partial charge in [-0.25, -0.2) is 4.98 Å². The number of fused-ring (bicyclic) bond motifs is 1. The molecule has 0 radical (unpaired) electrons. The number of rotatable bonds is 4. The lowest BCUT2D eigenvalue weighted by Crippen LogP contribution is -2.36. The minimum atomic E-state index is 0.0254. The number of H-pyrrole nitrogens is 1. The fraction of sp³-hybridized carbons (Fsp3) is 0.500. The van der Waals surface area contributed by atoms with Crippen LogP contribution in [0, 0.1) is 5.92 Å². The third kappa shape index (κ3) is 3.01. The summed E-state index contributed by atoms with van der Waals surface area (Å²) in [5, 5.41) is 0. The van der Waals surface area contributed by atoms with E-state index in [1.807, 2.05) is 11.0 Å². The molecule has 0 fully saturated rings. The number of aromatic amines is 1. The molecule has 2 aromatic rings. The Labute approximate surface area is 124 Å². The van der Waals surface area contributed by atoms with Gasteiger partial charge in [-0.2, -0.15) is 0 Å². The largest absolute Gasteiger partial charge is 0.445 e. The average molecular weight is 287 g/mol. The van der Waals surface area contributed by atoms with Gasteiger partial charge < -0.3 is 14.3 Å². The first-order chi connectivity index (χ1) is 10.1. The number of nitrogens with one attached hydrogen (secondary N) is 1. The zero-order valence-corrected chi connectivity index (χ0v) is 12.6. The third-order valence-corrected chi connectivity index (χ3v) is 3.82. The molecule has 0 aliphatic carbocycles. The topological polar surface area (TPSA) is 62.1 Å². The van der Waals surface area contributed by atoms with E-state index in [1.165, 1.54) is 0 Å². The molecule has 0 saturated heterocycles. The van der Waals surface area contributed by atoms with Crippen LogP contribution in [0.4, 0.5) is 0 Å². The summed E-state index contributed by atoms with van der Waals surface area (Å²) in [6.45, 7) is 5.61.